The molecule has 0 aliphatic rings. The summed E-state index contributed by atoms with van der Waals surface area (Å²) in [6, 6.07) is 0. The van der Waals surface area contributed by atoms with Crippen molar-refractivity contribution >= 4 is 9.53 Å². The molecule has 0 fully saturated rings. The lowest BCUT2D eigenvalue weighted by Gasteiger charge is -2.25. The van der Waals surface area contributed by atoms with E-state index in [-0.39, 0.29) is 0 Å². The van der Waals surface area contributed by atoms with Crippen molar-refractivity contribution in [1.82, 2.24) is 9.80 Å². The molecule has 34 heavy (non-hydrogen) atoms. The Labute approximate surface area is 216 Å². The van der Waals surface area contributed by atoms with Crippen molar-refractivity contribution in [2.75, 3.05) is 59.1 Å². The molecule has 5 nitrogen and oxygen atoms in total. The van der Waals surface area contributed by atoms with Gasteiger partial charge in [0, 0.05) is 19.7 Å². The highest BCUT2D eigenvalue weighted by atomic mass is 28.3. The quantitative estimate of drug-likeness (QED) is 0.0857. The predicted octanol–water partition coefficient (Wildman–Crippen LogP) is 6.92. The molecule has 0 aliphatic carbocycles. The Morgan fingerprint density at radius 2 is 0.735 bits per heavy atom. The molecule has 0 aliphatic heterocycles. The molecule has 206 valence electrons. The summed E-state index contributed by atoms with van der Waals surface area (Å²) in [6.45, 7) is 20.3. The van der Waals surface area contributed by atoms with Gasteiger partial charge in [-0.2, -0.15) is 0 Å². The van der Waals surface area contributed by atoms with Crippen LogP contribution in [0.4, 0.5) is 0 Å². The second-order valence-corrected chi connectivity index (χ2v) is 11.3. The van der Waals surface area contributed by atoms with Gasteiger partial charge in [0.05, 0.1) is 13.2 Å². The van der Waals surface area contributed by atoms with E-state index in [0.717, 1.165) is 39.3 Å². The normalized spacial score (nSPS) is 12.0. The van der Waals surface area contributed by atoms with Crippen molar-refractivity contribution in [2.24, 2.45) is 0 Å². The van der Waals surface area contributed by atoms with Gasteiger partial charge in [0.1, 0.15) is 0 Å². The van der Waals surface area contributed by atoms with E-state index in [9.17, 15) is 0 Å². The Bertz CT molecular complexity index is 349. The van der Waals surface area contributed by atoms with E-state index in [1.165, 1.54) is 110 Å². The Hall–Kier alpha value is 0.0169. The van der Waals surface area contributed by atoms with Crippen molar-refractivity contribution in [2.45, 2.75) is 125 Å². The summed E-state index contributed by atoms with van der Waals surface area (Å²) in [7, 11) is -2.08. The number of rotatable bonds is 28. The van der Waals surface area contributed by atoms with Gasteiger partial charge in [0.15, 0.2) is 0 Å². The van der Waals surface area contributed by atoms with Gasteiger partial charge in [-0.3, -0.25) is 0 Å². The highest BCUT2D eigenvalue weighted by molar-refractivity contribution is 6.36. The first-order valence-corrected chi connectivity index (χ1v) is 16.4. The summed E-state index contributed by atoms with van der Waals surface area (Å²) in [6.07, 6.45) is 17.7. The highest BCUT2D eigenvalue weighted by Gasteiger charge is 2.17. The van der Waals surface area contributed by atoms with Crippen molar-refractivity contribution in [3.63, 3.8) is 0 Å². The molecule has 0 unspecified atom stereocenters. The van der Waals surface area contributed by atoms with Crippen molar-refractivity contribution < 1.29 is 13.3 Å². The number of unbranched alkanes of at least 4 members (excludes halogenated alkanes) is 9. The molecule has 0 aromatic heterocycles. The second kappa shape index (κ2) is 27.6. The van der Waals surface area contributed by atoms with Gasteiger partial charge in [0.2, 0.25) is 0 Å². The zero-order chi connectivity index (χ0) is 25.1. The van der Waals surface area contributed by atoms with Gasteiger partial charge >= 0.3 is 9.53 Å². The van der Waals surface area contributed by atoms with Crippen LogP contribution in [0.25, 0.3) is 0 Å². The number of nitrogens with zero attached hydrogens (tertiary/aromatic N) is 2. The number of hydrogen-bond donors (Lipinski definition) is 0. The smallest absolute Gasteiger partial charge is 0.376 e. The summed E-state index contributed by atoms with van der Waals surface area (Å²) >= 11 is 0. The largest absolute Gasteiger partial charge is 0.484 e. The fourth-order valence-electron chi connectivity index (χ4n) is 3.96. The molecule has 0 rings (SSSR count). The first-order chi connectivity index (χ1) is 16.7. The van der Waals surface area contributed by atoms with Crippen LogP contribution in [0.15, 0.2) is 0 Å². The molecular weight excluding hydrogens is 440 g/mol. The molecule has 0 amide bonds. The van der Waals surface area contributed by atoms with Crippen LogP contribution in [-0.4, -0.2) is 78.4 Å². The Morgan fingerprint density at radius 3 is 1.15 bits per heavy atom. The fourth-order valence-corrected chi connectivity index (χ4v) is 5.20. The van der Waals surface area contributed by atoms with Crippen LogP contribution < -0.4 is 0 Å². The third-order valence-electron chi connectivity index (χ3n) is 6.39. The van der Waals surface area contributed by atoms with E-state index in [2.05, 4.69) is 44.4 Å². The van der Waals surface area contributed by atoms with E-state index < -0.39 is 9.53 Å². The first-order valence-electron chi connectivity index (χ1n) is 15.0. The summed E-state index contributed by atoms with van der Waals surface area (Å²) < 4.78 is 18.7. The van der Waals surface area contributed by atoms with Gasteiger partial charge in [-0.1, -0.05) is 92.4 Å². The molecule has 0 N–H and O–H groups in total. The van der Waals surface area contributed by atoms with Crippen molar-refractivity contribution in [3.8, 4) is 0 Å². The zero-order valence-corrected chi connectivity index (χ0v) is 25.1. The molecule has 0 radical (unpaired) electrons. The van der Waals surface area contributed by atoms with Gasteiger partial charge < -0.3 is 23.1 Å². The summed E-state index contributed by atoms with van der Waals surface area (Å²) in [5.41, 5.74) is 0. The molecule has 0 saturated carbocycles. The molecule has 0 aromatic carbocycles. The molecule has 0 bridgehead atoms. The van der Waals surface area contributed by atoms with Crippen LogP contribution in [0.2, 0.25) is 0 Å². The highest BCUT2D eigenvalue weighted by Crippen LogP contribution is 2.07. The van der Waals surface area contributed by atoms with Crippen LogP contribution in [0, 0.1) is 0 Å². The molecular formula is C28H62N2O3Si. The maximum atomic E-state index is 6.26. The third kappa shape index (κ3) is 22.5. The molecule has 0 aromatic rings. The van der Waals surface area contributed by atoms with E-state index in [1.54, 1.807) is 0 Å². The minimum Gasteiger partial charge on any atom is -0.376 e. The van der Waals surface area contributed by atoms with Crippen molar-refractivity contribution in [3.05, 3.63) is 0 Å². The molecule has 0 heterocycles. The Kier molecular flexibility index (Phi) is 27.6. The second-order valence-electron chi connectivity index (χ2n) is 9.77. The molecule has 6 heteroatoms. The maximum Gasteiger partial charge on any atom is 0.484 e. The van der Waals surface area contributed by atoms with Crippen LogP contribution in [0.3, 0.4) is 0 Å². The van der Waals surface area contributed by atoms with Crippen LogP contribution in [0.1, 0.15) is 125 Å². The van der Waals surface area contributed by atoms with Gasteiger partial charge in [-0.05, 0) is 58.3 Å². The average molecular weight is 503 g/mol. The molecule has 0 atom stereocenters. The van der Waals surface area contributed by atoms with E-state index in [4.69, 9.17) is 13.3 Å². The standard InChI is InChI=1S/C28H62N2O3Si/c1-6-11-16-17-18-19-26-31-34(32-27-24-29(20-12-7-2)21-13-8-3)33-28-25-30(22-14-9-4)23-15-10-5/h34H,6-28H2,1-5H3. The van der Waals surface area contributed by atoms with Crippen LogP contribution in [0.5, 0.6) is 0 Å². The fraction of sp³-hybridized carbons (Fsp3) is 1.00. The first kappa shape index (κ1) is 34.0. The average Bonchev–Trinajstić information content (AvgIpc) is 2.85. The van der Waals surface area contributed by atoms with E-state index in [1.807, 2.05) is 0 Å². The summed E-state index contributed by atoms with van der Waals surface area (Å²) in [4.78, 5) is 5.12. The molecule has 0 saturated heterocycles. The minimum absolute atomic E-state index is 0.732. The van der Waals surface area contributed by atoms with Gasteiger partial charge in [-0.15, -0.1) is 0 Å². The summed E-state index contributed by atoms with van der Waals surface area (Å²) in [5.74, 6) is 0. The Morgan fingerprint density at radius 1 is 0.382 bits per heavy atom. The summed E-state index contributed by atoms with van der Waals surface area (Å²) in [5, 5.41) is 0. The third-order valence-corrected chi connectivity index (χ3v) is 7.91. The monoisotopic (exact) mass is 502 g/mol. The van der Waals surface area contributed by atoms with Crippen LogP contribution >= 0.6 is 0 Å². The SMILES string of the molecule is CCCCCCCCO[SiH](OCCN(CCCC)CCCC)OCCN(CCCC)CCCC. The van der Waals surface area contributed by atoms with E-state index >= 15 is 0 Å². The van der Waals surface area contributed by atoms with Crippen LogP contribution in [-0.2, 0) is 13.3 Å². The minimum atomic E-state index is -2.08. The van der Waals surface area contributed by atoms with Gasteiger partial charge in [0.25, 0.3) is 0 Å². The Balaban J connectivity index is 4.51. The topological polar surface area (TPSA) is 34.2 Å². The predicted molar refractivity (Wildman–Crippen MR) is 151 cm³/mol. The lowest BCUT2D eigenvalue weighted by Crippen LogP contribution is -2.37. The lowest BCUT2D eigenvalue weighted by molar-refractivity contribution is 0.0724. The lowest BCUT2D eigenvalue weighted by atomic mass is 10.1. The maximum absolute atomic E-state index is 6.26. The van der Waals surface area contributed by atoms with Gasteiger partial charge in [-0.25, -0.2) is 0 Å². The molecule has 0 spiro atoms. The zero-order valence-electron chi connectivity index (χ0n) is 24.0. The van der Waals surface area contributed by atoms with Crippen molar-refractivity contribution in [1.29, 1.82) is 0 Å². The number of hydrogen-bond acceptors (Lipinski definition) is 5. The van der Waals surface area contributed by atoms with E-state index in [0.29, 0.717) is 0 Å².